The normalized spacial score (nSPS) is 11.9. The van der Waals surface area contributed by atoms with Crippen molar-refractivity contribution in [2.24, 2.45) is 43.6 Å². The van der Waals surface area contributed by atoms with E-state index in [0.29, 0.717) is 44.0 Å². The van der Waals surface area contributed by atoms with E-state index in [1.165, 1.54) is 19.4 Å². The van der Waals surface area contributed by atoms with Crippen molar-refractivity contribution in [2.75, 3.05) is 53.7 Å². The van der Waals surface area contributed by atoms with E-state index in [1.54, 1.807) is 60.6 Å². The summed E-state index contributed by atoms with van der Waals surface area (Å²) in [6, 6.07) is 16.8. The van der Waals surface area contributed by atoms with Crippen molar-refractivity contribution in [3.05, 3.63) is 71.3 Å². The summed E-state index contributed by atoms with van der Waals surface area (Å²) in [5.41, 5.74) is 4.40. The number of esters is 5. The summed E-state index contributed by atoms with van der Waals surface area (Å²) < 4.78 is 55.4. The minimum atomic E-state index is -4.30. The molecule has 0 radical (unpaired) electrons. The molecular formula is C78H141N3O23S. The first-order valence-corrected chi connectivity index (χ1v) is 37.3. The molecule has 0 saturated heterocycles. The molecule has 0 aliphatic rings. The van der Waals surface area contributed by atoms with E-state index in [1.807, 2.05) is 172 Å². The van der Waals surface area contributed by atoms with Crippen molar-refractivity contribution in [3.8, 4) is 0 Å². The number of hydrogen-bond acceptors (Lipinski definition) is 20. The van der Waals surface area contributed by atoms with Gasteiger partial charge in [0.2, 0.25) is 11.8 Å². The van der Waals surface area contributed by atoms with Crippen LogP contribution in [0, 0.1) is 37.9 Å². The van der Waals surface area contributed by atoms with Crippen LogP contribution in [0.5, 0.6) is 0 Å². The number of aliphatic hydroxyl groups is 2. The lowest BCUT2D eigenvalue weighted by Crippen LogP contribution is -2.53. The molecular weight excluding hydrogens is 1380 g/mol. The highest BCUT2D eigenvalue weighted by atomic mass is 32.2. The SMILES string of the molecule is CCC(C)(C)C(=O)NC(C)(C)S(=O)(=O)O.CCC(C)(C)C(=O)O.CCC(C)(C)C(=O)OCCN(C)C.CCC(C)(C)C(=O)OCCO.CCC(C)(C)C(=O)OCCOC(=O)CC(=O)O.CCC(C)(C)C(=O)OCc1ccccc1.CCC(C)(C)C(N)=O.CCC(C)O.CCC(C)c1ccc(C(=O)O)cc1. The van der Waals surface area contributed by atoms with Gasteiger partial charge >= 0.3 is 47.8 Å². The first kappa shape index (κ1) is 111. The molecule has 2 amide bonds. The van der Waals surface area contributed by atoms with Gasteiger partial charge in [-0.05, 0) is 191 Å². The Labute approximate surface area is 630 Å². The first-order valence-electron chi connectivity index (χ1n) is 35.9. The Bertz CT molecular complexity index is 2890. The van der Waals surface area contributed by atoms with Gasteiger partial charge in [-0.1, -0.05) is 139 Å². The standard InChI is InChI=1S/C13H18O2.C11H18O6.C11H14O2.C10H21NO2.C9H19NO4S.C8H16O3.C6H13NO.C6H12O2.C4H10O/c1-4-13(2,3)12(14)15-10-11-8-6-5-7-9-11;1-4-11(2,3)10(15)17-6-5-16-9(14)7-8(12)13;1-3-8(2)9-4-6-10(7-5-9)11(12)13;1-6-10(2,3)9(12)13-8-7-11(4)5;1-6-8(2,3)7(11)10-9(4,5)15(12,13)14;1-4-8(2,3)7(10)11-6-5-9;2*1-4-6(2,3)5(7)8;1-3-4(2)5/h5-9H,4,10H2,1-3H3;4-7H2,1-3H3,(H,12,13);4-8H,3H2,1-2H3,(H,12,13);6-8H2,1-5H3;6H2,1-5H3,(H,10,11)(H,12,13,14);9H,4-6H2,1-3H3;4H2,1-3H3,(H2,7,8);4H2,1-3H3,(H,7,8);4-5H,3H2,1-2H3. The van der Waals surface area contributed by atoms with Crippen LogP contribution in [-0.2, 0) is 83.6 Å². The molecule has 0 aliphatic heterocycles. The molecule has 2 aromatic rings. The predicted molar refractivity (Wildman–Crippen MR) is 411 cm³/mol. The summed E-state index contributed by atoms with van der Waals surface area (Å²) in [5.74, 6) is -4.64. The van der Waals surface area contributed by atoms with Gasteiger partial charge in [0, 0.05) is 17.4 Å². The molecule has 105 heavy (non-hydrogen) atoms. The maximum Gasteiger partial charge on any atom is 0.335 e. The largest absolute Gasteiger partial charge is 0.481 e. The van der Waals surface area contributed by atoms with Gasteiger partial charge in [-0.25, -0.2) is 4.79 Å². The summed E-state index contributed by atoms with van der Waals surface area (Å²) in [5, 5.41) is 44.4. The predicted octanol–water partition coefficient (Wildman–Crippen LogP) is 13.9. The Morgan fingerprint density at radius 3 is 1.12 bits per heavy atom. The smallest absolute Gasteiger partial charge is 0.335 e. The number of benzene rings is 2. The first-order chi connectivity index (χ1) is 47.7. The molecule has 2 aromatic carbocycles. The van der Waals surface area contributed by atoms with Crippen molar-refractivity contribution in [1.82, 2.24) is 10.2 Å². The van der Waals surface area contributed by atoms with Gasteiger partial charge in [0.1, 0.15) is 39.5 Å². The third kappa shape index (κ3) is 55.1. The highest BCUT2D eigenvalue weighted by Crippen LogP contribution is 2.26. The highest BCUT2D eigenvalue weighted by Gasteiger charge is 2.38. The summed E-state index contributed by atoms with van der Waals surface area (Å²) in [7, 11) is -0.384. The van der Waals surface area contributed by atoms with E-state index in [-0.39, 0.29) is 78.6 Å². The van der Waals surface area contributed by atoms with E-state index >= 15 is 0 Å². The minimum absolute atomic E-state index is 0.0619. The molecule has 0 saturated carbocycles. The van der Waals surface area contributed by atoms with E-state index in [0.717, 1.165) is 50.6 Å². The van der Waals surface area contributed by atoms with Crippen LogP contribution in [0.25, 0.3) is 0 Å². The summed E-state index contributed by atoms with van der Waals surface area (Å²) >= 11 is 0. The van der Waals surface area contributed by atoms with Crippen molar-refractivity contribution >= 4 is 69.7 Å². The molecule has 2 unspecified atom stereocenters. The lowest BCUT2D eigenvalue weighted by atomic mass is 9.89. The van der Waals surface area contributed by atoms with Gasteiger partial charge in [-0.15, -0.1) is 0 Å². The quantitative estimate of drug-likeness (QED) is 0.0111. The average Bonchev–Trinajstić information content (AvgIpc) is 0.819. The number of carboxylic acids is 3. The van der Waals surface area contributed by atoms with E-state index in [9.17, 15) is 56.4 Å². The van der Waals surface area contributed by atoms with E-state index in [2.05, 4.69) is 23.9 Å². The number of aromatic carboxylic acids is 1. The second-order valence-corrected chi connectivity index (χ2v) is 32.0. The Morgan fingerprint density at radius 1 is 0.495 bits per heavy atom. The lowest BCUT2D eigenvalue weighted by Gasteiger charge is -2.29. The zero-order valence-electron chi connectivity index (χ0n) is 69.4. The van der Waals surface area contributed by atoms with Crippen LogP contribution >= 0.6 is 0 Å². The average molecular weight is 1520 g/mol. The van der Waals surface area contributed by atoms with E-state index in [4.69, 9.17) is 54.8 Å². The molecule has 0 aliphatic carbocycles. The van der Waals surface area contributed by atoms with Crippen LogP contribution in [0.15, 0.2) is 54.6 Å². The fourth-order valence-electron chi connectivity index (χ4n) is 5.19. The van der Waals surface area contributed by atoms with Gasteiger partial charge in [-0.3, -0.25) is 47.7 Å². The molecule has 0 fully saturated rings. The van der Waals surface area contributed by atoms with Crippen LogP contribution in [-0.4, -0.2) is 168 Å². The Balaban J connectivity index is -0.000000209. The van der Waals surface area contributed by atoms with Crippen LogP contribution < -0.4 is 11.1 Å². The maximum atomic E-state index is 11.7. The van der Waals surface area contributed by atoms with Crippen molar-refractivity contribution in [3.63, 3.8) is 0 Å². The number of aliphatic carboxylic acids is 2. The number of ether oxygens (including phenoxy) is 5. The number of amides is 2. The Morgan fingerprint density at radius 2 is 0.848 bits per heavy atom. The second kappa shape index (κ2) is 55.4. The van der Waals surface area contributed by atoms with Crippen LogP contribution in [0.3, 0.4) is 0 Å². The zero-order valence-corrected chi connectivity index (χ0v) is 70.2. The van der Waals surface area contributed by atoms with Crippen molar-refractivity contribution < 1.29 is 110 Å². The molecule has 0 spiro atoms. The van der Waals surface area contributed by atoms with E-state index < -0.39 is 72.9 Å². The fourth-order valence-corrected chi connectivity index (χ4v) is 5.41. The molecule has 0 heterocycles. The van der Waals surface area contributed by atoms with Crippen molar-refractivity contribution in [1.29, 1.82) is 0 Å². The van der Waals surface area contributed by atoms with Gasteiger partial charge in [0.15, 0.2) is 4.87 Å². The monoisotopic (exact) mass is 1520 g/mol. The van der Waals surface area contributed by atoms with Gasteiger partial charge < -0.3 is 65.2 Å². The molecule has 2 rings (SSSR count). The van der Waals surface area contributed by atoms with Crippen molar-refractivity contribution in [2.45, 2.75) is 275 Å². The van der Waals surface area contributed by atoms with Gasteiger partial charge in [0.25, 0.3) is 10.1 Å². The van der Waals surface area contributed by atoms with Crippen LogP contribution in [0.4, 0.5) is 0 Å². The molecule has 0 aromatic heterocycles. The number of likely N-dealkylation sites (N-methyl/N-ethyl adjacent to an activating group) is 1. The third-order valence-electron chi connectivity index (χ3n) is 17.4. The number of nitrogens with two attached hydrogens (primary N) is 1. The van der Waals surface area contributed by atoms with Gasteiger partial charge in [-0.2, -0.15) is 8.42 Å². The summed E-state index contributed by atoms with van der Waals surface area (Å²) in [6.45, 7) is 50.7. The topological polar surface area (TPSA) is 414 Å². The molecule has 612 valence electrons. The number of aliphatic hydroxyl groups excluding tert-OH is 2. The third-order valence-corrected chi connectivity index (χ3v) is 18.8. The van der Waals surface area contributed by atoms with Crippen LogP contribution in [0.1, 0.15) is 279 Å². The van der Waals surface area contributed by atoms with Gasteiger partial charge in [0.05, 0.1) is 45.3 Å². The summed E-state index contributed by atoms with van der Waals surface area (Å²) in [4.78, 5) is 110. The highest BCUT2D eigenvalue weighted by molar-refractivity contribution is 7.87. The number of carboxylic acid groups (broad SMARTS) is 3. The number of carbonyl (C=O) groups excluding carboxylic acids is 7. The second-order valence-electron chi connectivity index (χ2n) is 30.1. The number of nitrogens with one attached hydrogen (secondary N) is 1. The number of nitrogens with zero attached hydrogens (tertiary/aromatic N) is 1. The number of rotatable bonds is 32. The number of primary amides is 1. The molecule has 0 bridgehead atoms. The van der Waals surface area contributed by atoms with Crippen LogP contribution in [0.2, 0.25) is 0 Å². The lowest BCUT2D eigenvalue weighted by molar-refractivity contribution is -0.160. The number of carbonyl (C=O) groups is 10. The minimum Gasteiger partial charge on any atom is -0.481 e. The molecule has 27 heteroatoms. The maximum absolute atomic E-state index is 11.7. The number of hydrogen-bond donors (Lipinski definition) is 8. The Kier molecular flexibility index (Phi) is 58.7. The molecule has 26 nitrogen and oxygen atoms in total. The Hall–Kier alpha value is -7.07. The fraction of sp³-hybridized carbons (Fsp3) is 0.718. The zero-order chi connectivity index (χ0) is 84.4. The summed E-state index contributed by atoms with van der Waals surface area (Å²) in [6.07, 6.45) is 6.21. The molecule has 9 N–H and O–H groups in total. The molecule has 2 atom stereocenters.